The van der Waals surface area contributed by atoms with Crippen LogP contribution in [0, 0.1) is 5.92 Å². The predicted molar refractivity (Wildman–Crippen MR) is 24.5 cm³/mol. The summed E-state index contributed by atoms with van der Waals surface area (Å²) in [5.74, 6) is 0.338. The number of ether oxygens (including phenoxy) is 1. The van der Waals surface area contributed by atoms with Crippen LogP contribution < -0.4 is 0 Å². The highest BCUT2D eigenvalue weighted by Gasteiger charge is 2.36. The average molecular weight is 101 g/mol. The van der Waals surface area contributed by atoms with Crippen LogP contribution in [0.5, 0.6) is 0 Å². The van der Waals surface area contributed by atoms with Gasteiger partial charge in [0, 0.05) is 13.0 Å². The van der Waals surface area contributed by atoms with Crippen molar-refractivity contribution in [3.63, 3.8) is 0 Å². The second kappa shape index (κ2) is 1.80. The van der Waals surface area contributed by atoms with Gasteiger partial charge < -0.3 is 4.74 Å². The van der Waals surface area contributed by atoms with E-state index in [2.05, 4.69) is 0 Å². The molecule has 2 heteroatoms. The average Bonchev–Trinajstić information content (AvgIpc) is 2.43. The van der Waals surface area contributed by atoms with Crippen molar-refractivity contribution in [1.29, 1.82) is 0 Å². The highest BCUT2D eigenvalue weighted by atomic mass is 16.5. The molecule has 0 amide bonds. The van der Waals surface area contributed by atoms with Gasteiger partial charge in [0.15, 0.2) is 0 Å². The van der Waals surface area contributed by atoms with Gasteiger partial charge in [0.25, 0.3) is 0 Å². The van der Waals surface area contributed by atoms with E-state index in [1.165, 1.54) is 0 Å². The lowest BCUT2D eigenvalue weighted by Crippen LogP contribution is -1.93. The summed E-state index contributed by atoms with van der Waals surface area (Å²) in [6.45, 7) is 0.0402. The molecule has 1 radical (unpaired) electrons. The van der Waals surface area contributed by atoms with Crippen molar-refractivity contribution in [2.24, 2.45) is 5.92 Å². The lowest BCUT2D eigenvalue weighted by molar-refractivity contribution is 0.124. The fourth-order valence-corrected chi connectivity index (χ4v) is 0.684. The van der Waals surface area contributed by atoms with Gasteiger partial charge in [-0.15, -0.1) is 0 Å². The third-order valence-corrected chi connectivity index (χ3v) is 1.37. The fraction of sp³-hybridized carbons (Fsp3) is 1.00. The first kappa shape index (κ1) is 5.06. The van der Waals surface area contributed by atoms with Gasteiger partial charge in [0.2, 0.25) is 0 Å². The van der Waals surface area contributed by atoms with Gasteiger partial charge in [0.05, 0.1) is 12.7 Å². The molecule has 1 saturated carbocycles. The van der Waals surface area contributed by atoms with Gasteiger partial charge in [0.1, 0.15) is 0 Å². The minimum absolute atomic E-state index is 0.0402. The number of hydrogen-bond acceptors (Lipinski definition) is 1. The first-order valence-electron chi connectivity index (χ1n) is 2.49. The molecule has 0 spiro atoms. The molecule has 0 aliphatic heterocycles. The van der Waals surface area contributed by atoms with Crippen LogP contribution in [0.25, 0.3) is 0 Å². The molecule has 0 N–H and O–H groups in total. The van der Waals surface area contributed by atoms with Crippen LogP contribution in [0.4, 0.5) is 0 Å². The quantitative estimate of drug-likeness (QED) is 0.496. The fourth-order valence-electron chi connectivity index (χ4n) is 0.684. The third kappa shape index (κ3) is 0.924. The minimum Gasteiger partial charge on any atom is -0.381 e. The number of rotatable bonds is 2. The minimum atomic E-state index is 0.0402. The summed E-state index contributed by atoms with van der Waals surface area (Å²) < 4.78 is 4.86. The van der Waals surface area contributed by atoms with Crippen molar-refractivity contribution >= 4 is 0 Å². The lowest BCUT2D eigenvalue weighted by atomic mass is 10.5. The highest BCUT2D eigenvalue weighted by Crippen LogP contribution is 2.31. The molecule has 41 valence electrons. The summed E-state index contributed by atoms with van der Waals surface area (Å²) in [7, 11) is 1.65. The smallest absolute Gasteiger partial charge is 0.0876 e. The SMILES string of the molecule is COC1CC1C[O]. The summed E-state index contributed by atoms with van der Waals surface area (Å²) in [5.41, 5.74) is 0. The van der Waals surface area contributed by atoms with Gasteiger partial charge >= 0.3 is 0 Å². The third-order valence-electron chi connectivity index (χ3n) is 1.37. The van der Waals surface area contributed by atoms with Crippen molar-refractivity contribution in [3.05, 3.63) is 0 Å². The van der Waals surface area contributed by atoms with Crippen LogP contribution in [-0.4, -0.2) is 19.8 Å². The van der Waals surface area contributed by atoms with Crippen molar-refractivity contribution < 1.29 is 9.84 Å². The molecule has 7 heavy (non-hydrogen) atoms. The topological polar surface area (TPSA) is 29.1 Å². The van der Waals surface area contributed by atoms with Gasteiger partial charge in [-0.25, -0.2) is 5.11 Å². The molecule has 2 atom stereocenters. The number of methoxy groups -OCH3 is 1. The van der Waals surface area contributed by atoms with Crippen LogP contribution in [-0.2, 0) is 9.84 Å². The standard InChI is InChI=1S/C5H9O2/c1-7-5-2-4(5)3-6/h4-5H,2-3H2,1H3. The first-order chi connectivity index (χ1) is 3.38. The zero-order chi connectivity index (χ0) is 5.28. The zero-order valence-corrected chi connectivity index (χ0v) is 4.39. The molecule has 0 bridgehead atoms. The van der Waals surface area contributed by atoms with Crippen molar-refractivity contribution in [1.82, 2.24) is 0 Å². The van der Waals surface area contributed by atoms with Crippen LogP contribution in [0.15, 0.2) is 0 Å². The molecular formula is C5H9O2. The van der Waals surface area contributed by atoms with E-state index in [4.69, 9.17) is 4.74 Å². The zero-order valence-electron chi connectivity index (χ0n) is 4.39. The molecule has 0 heterocycles. The Balaban J connectivity index is 2.06. The highest BCUT2D eigenvalue weighted by molar-refractivity contribution is 4.86. The van der Waals surface area contributed by atoms with Crippen molar-refractivity contribution in [2.75, 3.05) is 13.7 Å². The molecule has 1 aliphatic carbocycles. The summed E-state index contributed by atoms with van der Waals surface area (Å²) in [6.07, 6.45) is 1.29. The maximum absolute atomic E-state index is 9.98. The predicted octanol–water partition coefficient (Wildman–Crippen LogP) is 0.452. The summed E-state index contributed by atoms with van der Waals surface area (Å²) in [6, 6.07) is 0. The van der Waals surface area contributed by atoms with Gasteiger partial charge in [-0.3, -0.25) is 0 Å². The van der Waals surface area contributed by atoms with E-state index < -0.39 is 0 Å². The summed E-state index contributed by atoms with van der Waals surface area (Å²) in [5, 5.41) is 9.98. The number of hydrogen-bond donors (Lipinski definition) is 0. The van der Waals surface area contributed by atoms with E-state index in [0.717, 1.165) is 6.42 Å². The molecule has 0 saturated heterocycles. The van der Waals surface area contributed by atoms with E-state index in [-0.39, 0.29) is 6.61 Å². The second-order valence-electron chi connectivity index (χ2n) is 1.94. The molecule has 1 aliphatic rings. The molecule has 2 nitrogen and oxygen atoms in total. The van der Waals surface area contributed by atoms with Crippen LogP contribution in [0.1, 0.15) is 6.42 Å². The molecule has 0 aromatic heterocycles. The lowest BCUT2D eigenvalue weighted by Gasteiger charge is -1.87. The first-order valence-corrected chi connectivity index (χ1v) is 2.49. The largest absolute Gasteiger partial charge is 0.381 e. The van der Waals surface area contributed by atoms with E-state index in [1.54, 1.807) is 7.11 Å². The van der Waals surface area contributed by atoms with Gasteiger partial charge in [-0.05, 0) is 6.42 Å². The molecule has 2 unspecified atom stereocenters. The van der Waals surface area contributed by atoms with Gasteiger partial charge in [-0.2, -0.15) is 0 Å². The van der Waals surface area contributed by atoms with Gasteiger partial charge in [-0.1, -0.05) is 0 Å². The van der Waals surface area contributed by atoms with E-state index in [0.29, 0.717) is 12.0 Å². The maximum atomic E-state index is 9.98. The molecule has 1 rings (SSSR count). The van der Waals surface area contributed by atoms with E-state index in [9.17, 15) is 5.11 Å². The Morgan fingerprint density at radius 1 is 1.86 bits per heavy atom. The van der Waals surface area contributed by atoms with E-state index >= 15 is 0 Å². The molecule has 0 aromatic rings. The molecule has 1 fully saturated rings. The maximum Gasteiger partial charge on any atom is 0.0876 e. The Hall–Kier alpha value is -0.0800. The monoisotopic (exact) mass is 101 g/mol. The Morgan fingerprint density at radius 2 is 2.57 bits per heavy atom. The molecular weight excluding hydrogens is 92.1 g/mol. The van der Waals surface area contributed by atoms with Crippen LogP contribution >= 0.6 is 0 Å². The second-order valence-corrected chi connectivity index (χ2v) is 1.94. The Labute approximate surface area is 43.1 Å². The Kier molecular flexibility index (Phi) is 1.30. The van der Waals surface area contributed by atoms with Crippen molar-refractivity contribution in [3.8, 4) is 0 Å². The summed E-state index contributed by atoms with van der Waals surface area (Å²) in [4.78, 5) is 0. The van der Waals surface area contributed by atoms with Crippen LogP contribution in [0.2, 0.25) is 0 Å². The molecule has 0 aromatic carbocycles. The Morgan fingerprint density at radius 3 is 2.71 bits per heavy atom. The van der Waals surface area contributed by atoms with E-state index in [1.807, 2.05) is 0 Å². The van der Waals surface area contributed by atoms with Crippen LogP contribution in [0.3, 0.4) is 0 Å². The summed E-state index contributed by atoms with van der Waals surface area (Å²) >= 11 is 0. The Bertz CT molecular complexity index is 55.1. The normalized spacial score (nSPS) is 38.6. The van der Waals surface area contributed by atoms with Crippen molar-refractivity contribution in [2.45, 2.75) is 12.5 Å².